The number of anilines is 2. The second kappa shape index (κ2) is 7.50. The van der Waals surface area contributed by atoms with E-state index in [1.165, 1.54) is 28.7 Å². The second-order valence-corrected chi connectivity index (χ2v) is 8.37. The zero-order valence-corrected chi connectivity index (χ0v) is 16.5. The van der Waals surface area contributed by atoms with Crippen molar-refractivity contribution in [3.63, 3.8) is 0 Å². The van der Waals surface area contributed by atoms with Gasteiger partial charge >= 0.3 is 0 Å². The number of benzene rings is 1. The third-order valence-corrected chi connectivity index (χ3v) is 5.90. The summed E-state index contributed by atoms with van der Waals surface area (Å²) in [6, 6.07) is 13.5. The van der Waals surface area contributed by atoms with Crippen LogP contribution in [0.1, 0.15) is 16.8 Å². The van der Waals surface area contributed by atoms with Gasteiger partial charge in [0.1, 0.15) is 5.65 Å². The summed E-state index contributed by atoms with van der Waals surface area (Å²) in [6.45, 7) is 4.03. The third kappa shape index (κ3) is 4.17. The summed E-state index contributed by atoms with van der Waals surface area (Å²) in [5.74, 6) is 0.568. The van der Waals surface area contributed by atoms with Crippen LogP contribution >= 0.6 is 23.1 Å². The second-order valence-electron chi connectivity index (χ2n) is 6.17. The monoisotopic (exact) mass is 395 g/mol. The highest BCUT2D eigenvalue weighted by Crippen LogP contribution is 2.29. The molecule has 0 unspecified atom stereocenters. The van der Waals surface area contributed by atoms with E-state index in [0.29, 0.717) is 11.4 Å². The molecule has 136 valence electrons. The lowest BCUT2D eigenvalue weighted by molar-refractivity contribution is 0.998. The topological polar surface area (TPSA) is 72.2 Å². The molecule has 0 aliphatic rings. The number of aromatic nitrogens is 4. The van der Waals surface area contributed by atoms with Crippen LogP contribution in [0.2, 0.25) is 0 Å². The maximum Gasteiger partial charge on any atom is 0.258 e. The van der Waals surface area contributed by atoms with Crippen molar-refractivity contribution in [1.29, 1.82) is 0 Å². The summed E-state index contributed by atoms with van der Waals surface area (Å²) >= 11 is 3.01. The molecule has 0 atom stereocenters. The summed E-state index contributed by atoms with van der Waals surface area (Å²) in [5.41, 5.74) is 4.57. The van der Waals surface area contributed by atoms with Gasteiger partial charge in [-0.1, -0.05) is 35.2 Å². The van der Waals surface area contributed by atoms with E-state index in [1.54, 1.807) is 16.7 Å². The Labute approximate surface area is 164 Å². The minimum atomic E-state index is -0.0744. The quantitative estimate of drug-likeness (QED) is 0.511. The SMILES string of the molecule is Cc1cccc(Nc2nnc(SCc3cc(=O)n4ccc(C)cc4n3)s2)c1. The first-order valence-corrected chi connectivity index (χ1v) is 10.2. The fraction of sp³-hybridized carbons (Fsp3) is 0.158. The first kappa shape index (κ1) is 17.7. The highest BCUT2D eigenvalue weighted by Gasteiger charge is 2.08. The van der Waals surface area contributed by atoms with E-state index < -0.39 is 0 Å². The van der Waals surface area contributed by atoms with Gasteiger partial charge in [-0.3, -0.25) is 9.20 Å². The minimum absolute atomic E-state index is 0.0744. The summed E-state index contributed by atoms with van der Waals surface area (Å²) in [4.78, 5) is 16.8. The summed E-state index contributed by atoms with van der Waals surface area (Å²) < 4.78 is 2.38. The third-order valence-electron chi connectivity index (χ3n) is 3.90. The molecule has 0 radical (unpaired) electrons. The maximum absolute atomic E-state index is 12.2. The molecule has 3 heterocycles. The lowest BCUT2D eigenvalue weighted by atomic mass is 10.2. The van der Waals surface area contributed by atoms with Crippen molar-refractivity contribution in [1.82, 2.24) is 19.6 Å². The Hall–Kier alpha value is -2.71. The van der Waals surface area contributed by atoms with Gasteiger partial charge in [0.2, 0.25) is 5.13 Å². The largest absolute Gasteiger partial charge is 0.330 e. The van der Waals surface area contributed by atoms with E-state index in [-0.39, 0.29) is 5.56 Å². The molecule has 0 saturated heterocycles. The molecule has 27 heavy (non-hydrogen) atoms. The van der Waals surface area contributed by atoms with Gasteiger partial charge in [-0.2, -0.15) is 0 Å². The standard InChI is InChI=1S/C19H17N5OS2/c1-12-4-3-5-14(8-12)21-18-22-23-19(27-18)26-11-15-10-17(25)24-7-6-13(2)9-16(24)20-15/h3-10H,11H2,1-2H3,(H,21,22). The number of aryl methyl sites for hydroxylation is 2. The minimum Gasteiger partial charge on any atom is -0.330 e. The molecule has 0 aliphatic carbocycles. The average Bonchev–Trinajstić information content (AvgIpc) is 3.07. The smallest absolute Gasteiger partial charge is 0.258 e. The summed E-state index contributed by atoms with van der Waals surface area (Å²) in [6.07, 6.45) is 1.75. The first-order valence-electron chi connectivity index (χ1n) is 8.36. The number of nitrogens with zero attached hydrogens (tertiary/aromatic N) is 4. The van der Waals surface area contributed by atoms with Crippen LogP contribution < -0.4 is 10.9 Å². The molecule has 4 rings (SSSR count). The maximum atomic E-state index is 12.2. The highest BCUT2D eigenvalue weighted by atomic mass is 32.2. The zero-order valence-electron chi connectivity index (χ0n) is 14.8. The Bertz CT molecular complexity index is 1170. The molecule has 0 bridgehead atoms. The molecular formula is C19H17N5OS2. The van der Waals surface area contributed by atoms with Crippen molar-refractivity contribution in [2.45, 2.75) is 23.9 Å². The van der Waals surface area contributed by atoms with Crippen LogP contribution in [-0.2, 0) is 5.75 Å². The summed E-state index contributed by atoms with van der Waals surface area (Å²) in [5, 5.41) is 12.4. The van der Waals surface area contributed by atoms with Gasteiger partial charge in [0.15, 0.2) is 4.34 Å². The number of rotatable bonds is 5. The van der Waals surface area contributed by atoms with E-state index in [2.05, 4.69) is 26.6 Å². The Balaban J connectivity index is 1.47. The van der Waals surface area contributed by atoms with Gasteiger partial charge in [-0.25, -0.2) is 4.98 Å². The van der Waals surface area contributed by atoms with Gasteiger partial charge in [-0.05, 0) is 49.2 Å². The predicted octanol–water partition coefficient (Wildman–Crippen LogP) is 4.20. The van der Waals surface area contributed by atoms with Gasteiger partial charge < -0.3 is 5.32 Å². The normalized spacial score (nSPS) is 11.0. The van der Waals surface area contributed by atoms with Crippen molar-refractivity contribution in [2.24, 2.45) is 0 Å². The molecule has 0 aliphatic heterocycles. The number of hydrogen-bond donors (Lipinski definition) is 1. The van der Waals surface area contributed by atoms with E-state index in [1.807, 2.05) is 44.2 Å². The number of nitrogens with one attached hydrogen (secondary N) is 1. The van der Waals surface area contributed by atoms with Crippen molar-refractivity contribution in [3.05, 3.63) is 75.8 Å². The Morgan fingerprint density at radius 3 is 2.81 bits per heavy atom. The van der Waals surface area contributed by atoms with E-state index in [9.17, 15) is 4.79 Å². The fourth-order valence-corrected chi connectivity index (χ4v) is 4.29. The van der Waals surface area contributed by atoms with E-state index >= 15 is 0 Å². The van der Waals surface area contributed by atoms with Crippen LogP contribution in [0.4, 0.5) is 10.8 Å². The molecule has 1 aromatic carbocycles. The van der Waals surface area contributed by atoms with Crippen molar-refractivity contribution >= 4 is 39.6 Å². The molecule has 6 nitrogen and oxygen atoms in total. The predicted molar refractivity (Wildman–Crippen MR) is 110 cm³/mol. The Kier molecular flexibility index (Phi) is 4.91. The molecule has 0 spiro atoms. The lowest BCUT2D eigenvalue weighted by Gasteiger charge is -2.04. The number of thioether (sulfide) groups is 1. The molecule has 0 fully saturated rings. The Morgan fingerprint density at radius 1 is 1.11 bits per heavy atom. The van der Waals surface area contributed by atoms with E-state index in [0.717, 1.165) is 26.4 Å². The number of pyridine rings is 1. The van der Waals surface area contributed by atoms with Crippen LogP contribution in [0, 0.1) is 13.8 Å². The average molecular weight is 396 g/mol. The van der Waals surface area contributed by atoms with Gasteiger partial charge in [-0.15, -0.1) is 10.2 Å². The van der Waals surface area contributed by atoms with Gasteiger partial charge in [0.25, 0.3) is 5.56 Å². The van der Waals surface area contributed by atoms with Crippen molar-refractivity contribution < 1.29 is 0 Å². The fourth-order valence-electron chi connectivity index (χ4n) is 2.63. The van der Waals surface area contributed by atoms with E-state index in [4.69, 9.17) is 0 Å². The zero-order chi connectivity index (χ0) is 18.8. The molecule has 1 N–H and O–H groups in total. The van der Waals surface area contributed by atoms with Crippen LogP contribution in [0.15, 0.2) is 57.8 Å². The van der Waals surface area contributed by atoms with Crippen molar-refractivity contribution in [2.75, 3.05) is 5.32 Å². The van der Waals surface area contributed by atoms with Crippen LogP contribution in [0.25, 0.3) is 5.65 Å². The van der Waals surface area contributed by atoms with Crippen LogP contribution in [0.5, 0.6) is 0 Å². The number of hydrogen-bond acceptors (Lipinski definition) is 7. The van der Waals surface area contributed by atoms with Crippen LogP contribution in [-0.4, -0.2) is 19.6 Å². The molecule has 4 aromatic rings. The van der Waals surface area contributed by atoms with Crippen LogP contribution in [0.3, 0.4) is 0 Å². The van der Waals surface area contributed by atoms with Gasteiger partial charge in [0, 0.05) is 23.7 Å². The highest BCUT2D eigenvalue weighted by molar-refractivity contribution is 8.00. The number of fused-ring (bicyclic) bond motifs is 1. The summed E-state index contributed by atoms with van der Waals surface area (Å²) in [7, 11) is 0. The Morgan fingerprint density at radius 2 is 1.96 bits per heavy atom. The molecular weight excluding hydrogens is 378 g/mol. The molecule has 8 heteroatoms. The molecule has 0 saturated carbocycles. The molecule has 0 amide bonds. The molecule has 3 aromatic heterocycles. The first-order chi connectivity index (χ1) is 13.1. The van der Waals surface area contributed by atoms with Gasteiger partial charge in [0.05, 0.1) is 5.69 Å². The van der Waals surface area contributed by atoms with Crippen molar-refractivity contribution in [3.8, 4) is 0 Å². The lowest BCUT2D eigenvalue weighted by Crippen LogP contribution is -2.15.